The zero-order valence-corrected chi connectivity index (χ0v) is 12.2. The summed E-state index contributed by atoms with van der Waals surface area (Å²) in [5.41, 5.74) is 3.23. The minimum Gasteiger partial charge on any atom is -0.374 e. The molecule has 3 rings (SSSR count). The summed E-state index contributed by atoms with van der Waals surface area (Å²) < 4.78 is 5.75. The summed E-state index contributed by atoms with van der Waals surface area (Å²) in [7, 11) is 2.13. The van der Waals surface area contributed by atoms with Gasteiger partial charge >= 0.3 is 0 Å². The van der Waals surface area contributed by atoms with E-state index >= 15 is 0 Å². The molecule has 0 aromatic carbocycles. The number of hydrogen-bond acceptors (Lipinski definition) is 5. The van der Waals surface area contributed by atoms with E-state index in [1.54, 1.807) is 6.20 Å². The molecule has 1 aliphatic rings. The van der Waals surface area contributed by atoms with Crippen LogP contribution in [0, 0.1) is 0 Å². The molecule has 6 heteroatoms. The Bertz CT molecular complexity index is 556. The number of nitrogens with zero attached hydrogens (tertiary/aromatic N) is 3. The molecule has 0 unspecified atom stereocenters. The average molecular weight is 287 g/mol. The quantitative estimate of drug-likeness (QED) is 0.855. The second-order valence-electron chi connectivity index (χ2n) is 5.40. The molecule has 1 aliphatic heterocycles. The number of hydrogen-bond donors (Lipinski definition) is 2. The minimum absolute atomic E-state index is 0.262. The van der Waals surface area contributed by atoms with Crippen molar-refractivity contribution in [1.29, 1.82) is 0 Å². The van der Waals surface area contributed by atoms with Crippen molar-refractivity contribution in [3.8, 4) is 11.3 Å². The van der Waals surface area contributed by atoms with E-state index in [0.29, 0.717) is 0 Å². The zero-order chi connectivity index (χ0) is 14.5. The van der Waals surface area contributed by atoms with Gasteiger partial charge in [-0.1, -0.05) is 0 Å². The Morgan fingerprint density at radius 2 is 2.43 bits per heavy atom. The number of aromatic nitrogens is 3. The third-order valence-electron chi connectivity index (χ3n) is 3.70. The van der Waals surface area contributed by atoms with Crippen molar-refractivity contribution in [2.24, 2.45) is 0 Å². The second-order valence-corrected chi connectivity index (χ2v) is 5.40. The number of pyridine rings is 1. The second kappa shape index (κ2) is 6.80. The average Bonchev–Trinajstić information content (AvgIpc) is 2.97. The molecular formula is C15H21N5O. The highest BCUT2D eigenvalue weighted by Gasteiger charge is 2.17. The fourth-order valence-electron chi connectivity index (χ4n) is 2.56. The molecule has 1 saturated heterocycles. The summed E-state index contributed by atoms with van der Waals surface area (Å²) in [5, 5.41) is 10.6. The molecule has 2 N–H and O–H groups in total. The largest absolute Gasteiger partial charge is 0.374 e. The summed E-state index contributed by atoms with van der Waals surface area (Å²) in [5.74, 6) is 0. The maximum Gasteiger partial charge on any atom is 0.0826 e. The van der Waals surface area contributed by atoms with E-state index in [4.69, 9.17) is 4.74 Å². The van der Waals surface area contributed by atoms with E-state index in [9.17, 15) is 0 Å². The molecule has 0 radical (unpaired) electrons. The lowest BCUT2D eigenvalue weighted by atomic mass is 10.1. The fraction of sp³-hybridized carbons (Fsp3) is 0.467. The van der Waals surface area contributed by atoms with Crippen LogP contribution in [0.1, 0.15) is 5.56 Å². The third kappa shape index (κ3) is 3.66. The van der Waals surface area contributed by atoms with Crippen LogP contribution in [0.5, 0.6) is 0 Å². The van der Waals surface area contributed by atoms with Crippen LogP contribution in [0.25, 0.3) is 11.3 Å². The SMILES string of the molecule is CN1CCO[C@H](CNCc2cn[nH]c2-c2cccnc2)C1. The number of H-pyrrole nitrogens is 1. The zero-order valence-electron chi connectivity index (χ0n) is 12.2. The van der Waals surface area contributed by atoms with E-state index in [1.807, 2.05) is 24.5 Å². The maximum atomic E-state index is 5.75. The van der Waals surface area contributed by atoms with E-state index < -0.39 is 0 Å². The van der Waals surface area contributed by atoms with Crippen LogP contribution in [-0.4, -0.2) is 59.5 Å². The summed E-state index contributed by atoms with van der Waals surface area (Å²) in [6.45, 7) is 4.43. The molecule has 1 atom stereocenters. The first-order valence-electron chi connectivity index (χ1n) is 7.26. The van der Waals surface area contributed by atoms with Crippen molar-refractivity contribution in [2.45, 2.75) is 12.6 Å². The van der Waals surface area contributed by atoms with Gasteiger partial charge in [0.05, 0.1) is 24.6 Å². The summed E-state index contributed by atoms with van der Waals surface area (Å²) in [6.07, 6.45) is 5.74. The lowest BCUT2D eigenvalue weighted by molar-refractivity contribution is -0.0182. The van der Waals surface area contributed by atoms with Crippen LogP contribution >= 0.6 is 0 Å². The predicted octanol–water partition coefficient (Wildman–Crippen LogP) is 0.892. The standard InChI is InChI=1S/C15H21N5O/c1-20-5-6-21-14(11-20)10-17-8-13-9-18-19-15(13)12-3-2-4-16-7-12/h2-4,7,9,14,17H,5-6,8,10-11H2,1H3,(H,18,19)/t14-/m1/s1. The molecule has 3 heterocycles. The van der Waals surface area contributed by atoms with Crippen LogP contribution < -0.4 is 5.32 Å². The highest BCUT2D eigenvalue weighted by molar-refractivity contribution is 5.61. The Hall–Kier alpha value is -1.76. The van der Waals surface area contributed by atoms with Crippen molar-refractivity contribution < 1.29 is 4.74 Å². The smallest absolute Gasteiger partial charge is 0.0826 e. The van der Waals surface area contributed by atoms with Gasteiger partial charge in [0.2, 0.25) is 0 Å². The molecular weight excluding hydrogens is 266 g/mol. The van der Waals surface area contributed by atoms with Crippen LogP contribution in [-0.2, 0) is 11.3 Å². The summed E-state index contributed by atoms with van der Waals surface area (Å²) >= 11 is 0. The molecule has 2 aromatic rings. The molecule has 21 heavy (non-hydrogen) atoms. The van der Waals surface area contributed by atoms with Gasteiger partial charge in [0.1, 0.15) is 0 Å². The molecule has 2 aromatic heterocycles. The van der Waals surface area contributed by atoms with Crippen LogP contribution in [0.3, 0.4) is 0 Å². The number of morpholine rings is 1. The first kappa shape index (κ1) is 14.2. The Morgan fingerprint density at radius 3 is 3.24 bits per heavy atom. The van der Waals surface area contributed by atoms with E-state index in [-0.39, 0.29) is 6.10 Å². The number of nitrogens with one attached hydrogen (secondary N) is 2. The Kier molecular flexibility index (Phi) is 4.59. The lowest BCUT2D eigenvalue weighted by Gasteiger charge is -2.30. The topological polar surface area (TPSA) is 66.1 Å². The van der Waals surface area contributed by atoms with Gasteiger partial charge in [-0.2, -0.15) is 5.10 Å². The molecule has 112 valence electrons. The van der Waals surface area contributed by atoms with Crippen molar-refractivity contribution in [3.63, 3.8) is 0 Å². The molecule has 1 fully saturated rings. The first-order chi connectivity index (χ1) is 10.3. The molecule has 0 amide bonds. The molecule has 6 nitrogen and oxygen atoms in total. The van der Waals surface area contributed by atoms with Crippen molar-refractivity contribution in [3.05, 3.63) is 36.3 Å². The highest BCUT2D eigenvalue weighted by atomic mass is 16.5. The van der Waals surface area contributed by atoms with Gasteiger partial charge in [-0.15, -0.1) is 0 Å². The van der Waals surface area contributed by atoms with E-state index in [2.05, 4.69) is 32.4 Å². The summed E-state index contributed by atoms with van der Waals surface area (Å²) in [6, 6.07) is 3.96. The molecule has 0 bridgehead atoms. The van der Waals surface area contributed by atoms with Crippen LogP contribution in [0.2, 0.25) is 0 Å². The monoisotopic (exact) mass is 287 g/mol. The van der Waals surface area contributed by atoms with Gasteiger partial charge in [-0.05, 0) is 19.2 Å². The minimum atomic E-state index is 0.262. The van der Waals surface area contributed by atoms with E-state index in [1.165, 1.54) is 0 Å². The normalized spacial score (nSPS) is 19.8. The number of likely N-dealkylation sites (N-methyl/N-ethyl adjacent to an activating group) is 1. The van der Waals surface area contributed by atoms with Gasteiger partial charge in [0.15, 0.2) is 0 Å². The Labute approximate surface area is 124 Å². The molecule has 0 aliphatic carbocycles. The highest BCUT2D eigenvalue weighted by Crippen LogP contribution is 2.19. The fourth-order valence-corrected chi connectivity index (χ4v) is 2.56. The summed E-state index contributed by atoms with van der Waals surface area (Å²) in [4.78, 5) is 6.45. The number of aromatic amines is 1. The van der Waals surface area contributed by atoms with Crippen LogP contribution in [0.15, 0.2) is 30.7 Å². The van der Waals surface area contributed by atoms with Crippen molar-refractivity contribution in [1.82, 2.24) is 25.4 Å². The van der Waals surface area contributed by atoms with Gasteiger partial charge in [0, 0.05) is 49.7 Å². The molecule has 0 spiro atoms. The lowest BCUT2D eigenvalue weighted by Crippen LogP contribution is -2.44. The maximum absolute atomic E-state index is 5.75. The van der Waals surface area contributed by atoms with Gasteiger partial charge in [0.25, 0.3) is 0 Å². The van der Waals surface area contributed by atoms with E-state index in [0.717, 1.165) is 49.6 Å². The van der Waals surface area contributed by atoms with Gasteiger partial charge < -0.3 is 15.0 Å². The number of rotatable bonds is 5. The van der Waals surface area contributed by atoms with Gasteiger partial charge in [-0.25, -0.2) is 0 Å². The van der Waals surface area contributed by atoms with Crippen molar-refractivity contribution in [2.75, 3.05) is 33.3 Å². The number of ether oxygens (including phenoxy) is 1. The van der Waals surface area contributed by atoms with Gasteiger partial charge in [-0.3, -0.25) is 10.1 Å². The van der Waals surface area contributed by atoms with Crippen LogP contribution in [0.4, 0.5) is 0 Å². The Morgan fingerprint density at radius 1 is 1.48 bits per heavy atom. The third-order valence-corrected chi connectivity index (χ3v) is 3.70. The predicted molar refractivity (Wildman–Crippen MR) is 80.8 cm³/mol. The molecule has 0 saturated carbocycles. The van der Waals surface area contributed by atoms with Crippen molar-refractivity contribution >= 4 is 0 Å². The Balaban J connectivity index is 1.55. The first-order valence-corrected chi connectivity index (χ1v) is 7.26.